The average molecular weight is 330 g/mol. The van der Waals surface area contributed by atoms with Gasteiger partial charge in [-0.05, 0) is 56.9 Å². The van der Waals surface area contributed by atoms with Gasteiger partial charge in [0.1, 0.15) is 0 Å². The maximum Gasteiger partial charge on any atom is 0.163 e. The number of carbonyl (C=O) groups is 1. The van der Waals surface area contributed by atoms with Gasteiger partial charge in [0.05, 0.1) is 5.02 Å². The van der Waals surface area contributed by atoms with Gasteiger partial charge in [-0.15, -0.1) is 0 Å². The molecule has 0 N–H and O–H groups in total. The summed E-state index contributed by atoms with van der Waals surface area (Å²) in [5.41, 5.74) is 1.89. The zero-order chi connectivity index (χ0) is 12.3. The van der Waals surface area contributed by atoms with Crippen molar-refractivity contribution in [2.24, 2.45) is 0 Å². The van der Waals surface area contributed by atoms with Crippen molar-refractivity contribution in [3.05, 3.63) is 55.6 Å². The Labute approximate surface area is 118 Å². The van der Waals surface area contributed by atoms with Crippen LogP contribution in [0.15, 0.2) is 39.5 Å². The minimum absolute atomic E-state index is 0.130. The van der Waals surface area contributed by atoms with Gasteiger partial charge in [-0.1, -0.05) is 17.7 Å². The minimum Gasteiger partial charge on any atom is -0.294 e. The average Bonchev–Trinajstić information content (AvgIpc) is 2.82. The lowest BCUT2D eigenvalue weighted by Crippen LogP contribution is -2.00. The molecule has 17 heavy (non-hydrogen) atoms. The third-order valence-corrected chi connectivity index (χ3v) is 4.43. The highest BCUT2D eigenvalue weighted by Crippen LogP contribution is 2.24. The van der Waals surface area contributed by atoms with Crippen LogP contribution in [0.1, 0.15) is 22.3 Å². The summed E-state index contributed by atoms with van der Waals surface area (Å²) in [5.74, 6) is 0.130. The largest absolute Gasteiger partial charge is 0.294 e. The van der Waals surface area contributed by atoms with Crippen molar-refractivity contribution in [2.75, 3.05) is 0 Å². The molecule has 4 heteroatoms. The van der Waals surface area contributed by atoms with E-state index in [2.05, 4.69) is 21.3 Å². The Kier molecular flexibility index (Phi) is 4.37. The van der Waals surface area contributed by atoms with Crippen LogP contribution in [0.25, 0.3) is 0 Å². The number of halogens is 2. The molecule has 1 heterocycles. The second-order valence-electron chi connectivity index (χ2n) is 3.68. The van der Waals surface area contributed by atoms with E-state index >= 15 is 0 Å². The Morgan fingerprint density at radius 1 is 1.35 bits per heavy atom. The Morgan fingerprint density at radius 3 is 2.82 bits per heavy atom. The van der Waals surface area contributed by atoms with Crippen LogP contribution in [0, 0.1) is 0 Å². The van der Waals surface area contributed by atoms with Gasteiger partial charge >= 0.3 is 0 Å². The summed E-state index contributed by atoms with van der Waals surface area (Å²) in [5, 5.41) is 4.67. The summed E-state index contributed by atoms with van der Waals surface area (Å²) >= 11 is 10.9. The smallest absolute Gasteiger partial charge is 0.163 e. The summed E-state index contributed by atoms with van der Waals surface area (Å²) in [6.45, 7) is 0. The van der Waals surface area contributed by atoms with Gasteiger partial charge in [0.15, 0.2) is 5.78 Å². The quantitative estimate of drug-likeness (QED) is 0.723. The molecular formula is C13H10BrClOS. The normalized spacial score (nSPS) is 10.5. The number of aryl methyl sites for hydroxylation is 1. The number of hydrogen-bond acceptors (Lipinski definition) is 2. The third-order valence-electron chi connectivity index (χ3n) is 2.46. The highest BCUT2D eigenvalue weighted by molar-refractivity contribution is 9.10. The SMILES string of the molecule is O=C(CCc1ccsc1)c1ccc(Br)c(Cl)c1. The summed E-state index contributed by atoms with van der Waals surface area (Å²) in [4.78, 5) is 11.9. The lowest BCUT2D eigenvalue weighted by atomic mass is 10.0. The molecule has 0 saturated heterocycles. The zero-order valence-corrected chi connectivity index (χ0v) is 12.1. The van der Waals surface area contributed by atoms with Crippen molar-refractivity contribution < 1.29 is 4.79 Å². The van der Waals surface area contributed by atoms with Crippen LogP contribution in [0.3, 0.4) is 0 Å². The fourth-order valence-electron chi connectivity index (χ4n) is 1.51. The number of carbonyl (C=O) groups excluding carboxylic acids is 1. The van der Waals surface area contributed by atoms with E-state index in [9.17, 15) is 4.79 Å². The lowest BCUT2D eigenvalue weighted by Gasteiger charge is -2.02. The Bertz CT molecular complexity index is 522. The van der Waals surface area contributed by atoms with E-state index in [-0.39, 0.29) is 5.78 Å². The van der Waals surface area contributed by atoms with Crippen LogP contribution in [0.4, 0.5) is 0 Å². The first-order valence-electron chi connectivity index (χ1n) is 5.16. The van der Waals surface area contributed by atoms with Crippen LogP contribution in [0.2, 0.25) is 5.02 Å². The second-order valence-corrected chi connectivity index (χ2v) is 5.73. The van der Waals surface area contributed by atoms with Gasteiger partial charge in [0.2, 0.25) is 0 Å². The van der Waals surface area contributed by atoms with E-state index in [0.717, 1.165) is 10.9 Å². The van der Waals surface area contributed by atoms with Crippen LogP contribution in [-0.2, 0) is 6.42 Å². The minimum atomic E-state index is 0.130. The van der Waals surface area contributed by atoms with Gasteiger partial charge in [-0.3, -0.25) is 4.79 Å². The predicted octanol–water partition coefficient (Wildman–Crippen LogP) is 4.98. The molecule has 2 rings (SSSR count). The molecule has 0 saturated carbocycles. The van der Waals surface area contributed by atoms with Gasteiger partial charge in [-0.25, -0.2) is 0 Å². The molecule has 0 atom stereocenters. The molecule has 0 aliphatic rings. The maximum atomic E-state index is 11.9. The lowest BCUT2D eigenvalue weighted by molar-refractivity contribution is 0.0983. The van der Waals surface area contributed by atoms with E-state index in [1.807, 2.05) is 11.4 Å². The van der Waals surface area contributed by atoms with E-state index in [4.69, 9.17) is 11.6 Å². The van der Waals surface area contributed by atoms with Crippen LogP contribution < -0.4 is 0 Å². The fraction of sp³-hybridized carbons (Fsp3) is 0.154. The molecule has 0 amide bonds. The number of ketones is 1. The summed E-state index contributed by atoms with van der Waals surface area (Å²) < 4.78 is 0.813. The molecule has 0 aliphatic carbocycles. The van der Waals surface area contributed by atoms with Gasteiger partial charge < -0.3 is 0 Å². The summed E-state index contributed by atoms with van der Waals surface area (Å²) in [6, 6.07) is 7.36. The molecule has 0 fully saturated rings. The van der Waals surface area contributed by atoms with Crippen LogP contribution in [-0.4, -0.2) is 5.78 Å². The number of Topliss-reactive ketones (excluding diaryl/α,β-unsaturated/α-hetero) is 1. The Hall–Kier alpha value is -0.640. The van der Waals surface area contributed by atoms with Crippen molar-refractivity contribution in [1.29, 1.82) is 0 Å². The Balaban J connectivity index is 2.02. The number of hydrogen-bond donors (Lipinski definition) is 0. The topological polar surface area (TPSA) is 17.1 Å². The molecule has 2 aromatic rings. The maximum absolute atomic E-state index is 11.9. The zero-order valence-electron chi connectivity index (χ0n) is 8.95. The third kappa shape index (κ3) is 3.41. The molecule has 0 bridgehead atoms. The van der Waals surface area contributed by atoms with Gasteiger partial charge in [-0.2, -0.15) is 11.3 Å². The van der Waals surface area contributed by atoms with E-state index < -0.39 is 0 Å². The second kappa shape index (κ2) is 5.80. The molecule has 0 unspecified atom stereocenters. The first-order valence-corrected chi connectivity index (χ1v) is 7.27. The fourth-order valence-corrected chi connectivity index (χ4v) is 2.64. The van der Waals surface area contributed by atoms with Crippen molar-refractivity contribution in [1.82, 2.24) is 0 Å². The molecule has 1 nitrogen and oxygen atoms in total. The Morgan fingerprint density at radius 2 is 2.18 bits per heavy atom. The number of thiophene rings is 1. The van der Waals surface area contributed by atoms with Crippen molar-refractivity contribution in [2.45, 2.75) is 12.8 Å². The van der Waals surface area contributed by atoms with Crippen LogP contribution >= 0.6 is 38.9 Å². The van der Waals surface area contributed by atoms with Crippen molar-refractivity contribution >= 4 is 44.7 Å². The molecule has 1 aromatic carbocycles. The molecule has 1 aromatic heterocycles. The van der Waals surface area contributed by atoms with Gasteiger partial charge in [0, 0.05) is 16.5 Å². The standard InChI is InChI=1S/C13H10BrClOS/c14-11-3-2-10(7-12(11)15)13(16)4-1-9-5-6-17-8-9/h2-3,5-8H,1,4H2. The monoisotopic (exact) mass is 328 g/mol. The molecule has 0 radical (unpaired) electrons. The number of rotatable bonds is 4. The number of benzene rings is 1. The molecule has 0 aliphatic heterocycles. The summed E-state index contributed by atoms with van der Waals surface area (Å²) in [7, 11) is 0. The predicted molar refractivity (Wildman–Crippen MR) is 76.1 cm³/mol. The van der Waals surface area contributed by atoms with Crippen molar-refractivity contribution in [3.8, 4) is 0 Å². The van der Waals surface area contributed by atoms with E-state index in [1.165, 1.54) is 5.56 Å². The molecular weight excluding hydrogens is 320 g/mol. The van der Waals surface area contributed by atoms with Gasteiger partial charge in [0.25, 0.3) is 0 Å². The highest BCUT2D eigenvalue weighted by Gasteiger charge is 2.08. The first kappa shape index (κ1) is 12.8. The molecule has 88 valence electrons. The van der Waals surface area contributed by atoms with Crippen LogP contribution in [0.5, 0.6) is 0 Å². The van der Waals surface area contributed by atoms with E-state index in [0.29, 0.717) is 17.0 Å². The van der Waals surface area contributed by atoms with E-state index in [1.54, 1.807) is 29.5 Å². The first-order chi connectivity index (χ1) is 8.16. The highest BCUT2D eigenvalue weighted by atomic mass is 79.9. The molecule has 0 spiro atoms. The van der Waals surface area contributed by atoms with Crippen molar-refractivity contribution in [3.63, 3.8) is 0 Å². The summed E-state index contributed by atoms with van der Waals surface area (Å²) in [6.07, 6.45) is 1.31.